The van der Waals surface area contributed by atoms with Gasteiger partial charge < -0.3 is 14.5 Å². The lowest BCUT2D eigenvalue weighted by atomic mass is 9.96. The number of anilines is 1. The number of sulfone groups is 1. The first-order chi connectivity index (χ1) is 23.2. The molecular weight excluding hydrogens is 662 g/mol. The molecule has 3 fully saturated rings. The van der Waals surface area contributed by atoms with Crippen LogP contribution in [0.25, 0.3) is 10.9 Å². The van der Waals surface area contributed by atoms with E-state index in [1.165, 1.54) is 31.2 Å². The maximum atomic E-state index is 15.2. The number of hydrogen-bond donors (Lipinski definition) is 0. The quantitative estimate of drug-likeness (QED) is 0.297. The van der Waals surface area contributed by atoms with Crippen LogP contribution in [-0.4, -0.2) is 115 Å². The highest BCUT2D eigenvalue weighted by atomic mass is 32.2. The summed E-state index contributed by atoms with van der Waals surface area (Å²) in [5, 5.41) is 0.638. The number of halogens is 1. The van der Waals surface area contributed by atoms with Crippen molar-refractivity contribution in [1.29, 1.82) is 0 Å². The molecule has 0 N–H and O–H groups in total. The zero-order valence-corrected chi connectivity index (χ0v) is 31.5. The number of fused-ring (bicyclic) bond motifs is 1. The van der Waals surface area contributed by atoms with E-state index in [-0.39, 0.29) is 15.5 Å². The van der Waals surface area contributed by atoms with Gasteiger partial charge in [0.05, 0.1) is 16.1 Å². The monoisotopic (exact) mass is 713 g/mol. The standard InChI is InChI=1S/C37H52FN5O4S2/c1-26(2)40-19-21-42(22-20-40)28-11-15-41(16-12-28)27-13-17-43(18-14-27)36-31-23-29(48(6)44)7-9-33(31)39-25-35(36)49(45,46)30-8-10-34(32(38)24-30)47-37(3,4)5/h7-10,23-28H,11-22H2,1-6H3. The Kier molecular flexibility index (Phi) is 10.7. The summed E-state index contributed by atoms with van der Waals surface area (Å²) < 4.78 is 62.0. The van der Waals surface area contributed by atoms with E-state index >= 15 is 4.39 Å². The summed E-state index contributed by atoms with van der Waals surface area (Å²) in [6, 6.07) is 10.9. The van der Waals surface area contributed by atoms with Gasteiger partial charge in [-0.05, 0) is 110 Å². The highest BCUT2D eigenvalue weighted by Gasteiger charge is 2.34. The Morgan fingerprint density at radius 1 is 0.878 bits per heavy atom. The van der Waals surface area contributed by atoms with Crippen LogP contribution >= 0.6 is 0 Å². The van der Waals surface area contributed by atoms with E-state index in [1.54, 1.807) is 24.5 Å². The van der Waals surface area contributed by atoms with E-state index in [2.05, 4.69) is 38.4 Å². The molecule has 3 aliphatic rings. The van der Waals surface area contributed by atoms with E-state index in [1.807, 2.05) is 20.8 Å². The van der Waals surface area contributed by atoms with Crippen LogP contribution in [0.2, 0.25) is 0 Å². The smallest absolute Gasteiger partial charge is 0.210 e. The number of nitrogens with zero attached hydrogens (tertiary/aromatic N) is 5. The van der Waals surface area contributed by atoms with Gasteiger partial charge in [-0.3, -0.25) is 19.0 Å². The molecule has 268 valence electrons. The third-order valence-corrected chi connectivity index (χ3v) is 13.1. The molecule has 3 saturated heterocycles. The molecule has 0 saturated carbocycles. The van der Waals surface area contributed by atoms with Gasteiger partial charge in [0.1, 0.15) is 10.5 Å². The van der Waals surface area contributed by atoms with Crippen molar-refractivity contribution in [1.82, 2.24) is 19.7 Å². The van der Waals surface area contributed by atoms with Crippen molar-refractivity contribution in [2.75, 3.05) is 63.5 Å². The van der Waals surface area contributed by atoms with Crippen molar-refractivity contribution < 1.29 is 21.8 Å². The van der Waals surface area contributed by atoms with Crippen molar-refractivity contribution in [2.45, 2.75) is 98.7 Å². The number of benzene rings is 2. The first kappa shape index (κ1) is 36.2. The minimum absolute atomic E-state index is 0.00168. The van der Waals surface area contributed by atoms with Gasteiger partial charge in [0.15, 0.2) is 11.6 Å². The Morgan fingerprint density at radius 3 is 2.06 bits per heavy atom. The van der Waals surface area contributed by atoms with Crippen molar-refractivity contribution in [3.8, 4) is 5.75 Å². The van der Waals surface area contributed by atoms with Crippen LogP contribution in [0, 0.1) is 5.82 Å². The van der Waals surface area contributed by atoms with Crippen LogP contribution in [0.5, 0.6) is 5.75 Å². The van der Waals surface area contributed by atoms with Gasteiger partial charge in [0.25, 0.3) is 0 Å². The van der Waals surface area contributed by atoms with E-state index in [9.17, 15) is 12.6 Å². The van der Waals surface area contributed by atoms with E-state index in [0.717, 1.165) is 58.2 Å². The SMILES string of the molecule is CC(C)N1CCN(C2CCN(C3CCN(c4c(S(=O)(=O)c5ccc(OC(C)(C)C)c(F)c5)cnc5ccc(S(C)=O)cc45)CC3)CC2)CC1. The van der Waals surface area contributed by atoms with Gasteiger partial charge in [-0.1, -0.05) is 0 Å². The van der Waals surface area contributed by atoms with Crippen molar-refractivity contribution in [3.05, 3.63) is 48.4 Å². The molecule has 2 aromatic carbocycles. The fourth-order valence-electron chi connectivity index (χ4n) is 7.72. The van der Waals surface area contributed by atoms with Crippen LogP contribution in [0.15, 0.2) is 57.3 Å². The lowest BCUT2D eigenvalue weighted by Crippen LogP contribution is -2.56. The van der Waals surface area contributed by atoms with E-state index in [4.69, 9.17) is 4.74 Å². The van der Waals surface area contributed by atoms with Gasteiger partial charge in [0.2, 0.25) is 9.84 Å². The lowest BCUT2D eigenvalue weighted by molar-refractivity contribution is 0.0359. The highest BCUT2D eigenvalue weighted by Crippen LogP contribution is 2.39. The summed E-state index contributed by atoms with van der Waals surface area (Å²) in [7, 11) is -5.45. The molecule has 49 heavy (non-hydrogen) atoms. The first-order valence-corrected chi connectivity index (χ1v) is 20.7. The third-order valence-electron chi connectivity index (χ3n) is 10.4. The van der Waals surface area contributed by atoms with Gasteiger partial charge in [-0.15, -0.1) is 0 Å². The largest absolute Gasteiger partial charge is 0.485 e. The topological polar surface area (TPSA) is 86.3 Å². The zero-order chi connectivity index (χ0) is 35.1. The molecule has 0 aliphatic carbocycles. The number of likely N-dealkylation sites (tertiary alicyclic amines) is 1. The summed E-state index contributed by atoms with van der Waals surface area (Å²) in [4.78, 5) is 15.0. The number of hydrogen-bond acceptors (Lipinski definition) is 9. The molecule has 0 bridgehead atoms. The Bertz CT molecular complexity index is 1770. The number of piperidine rings is 2. The second-order valence-corrected chi connectivity index (χ2v) is 18.4. The summed E-state index contributed by atoms with van der Waals surface area (Å²) in [6.45, 7) is 18.1. The molecule has 4 heterocycles. The average molecular weight is 714 g/mol. The Balaban J connectivity index is 1.22. The summed E-state index contributed by atoms with van der Waals surface area (Å²) >= 11 is 0. The lowest BCUT2D eigenvalue weighted by Gasteiger charge is -2.46. The predicted molar refractivity (Wildman–Crippen MR) is 194 cm³/mol. The van der Waals surface area contributed by atoms with Crippen LogP contribution in [0.3, 0.4) is 0 Å². The normalized spacial score (nSPS) is 20.7. The van der Waals surface area contributed by atoms with Gasteiger partial charge in [-0.25, -0.2) is 12.8 Å². The third kappa shape index (κ3) is 7.98. The second-order valence-electron chi connectivity index (χ2n) is 15.1. The molecule has 0 spiro atoms. The average Bonchev–Trinajstić information content (AvgIpc) is 3.08. The molecule has 12 heteroatoms. The second kappa shape index (κ2) is 14.5. The number of rotatable bonds is 8. The Hall–Kier alpha value is -2.64. The fourth-order valence-corrected chi connectivity index (χ4v) is 9.71. The highest BCUT2D eigenvalue weighted by molar-refractivity contribution is 7.91. The Morgan fingerprint density at radius 2 is 1.49 bits per heavy atom. The molecule has 9 nitrogen and oxygen atoms in total. The van der Waals surface area contributed by atoms with E-state index < -0.39 is 32.1 Å². The number of pyridine rings is 1. The van der Waals surface area contributed by atoms with Crippen molar-refractivity contribution in [3.63, 3.8) is 0 Å². The molecule has 1 atom stereocenters. The van der Waals surface area contributed by atoms with Crippen LogP contribution in [0.1, 0.15) is 60.3 Å². The number of ether oxygens (including phenoxy) is 1. The molecule has 3 aliphatic heterocycles. The minimum Gasteiger partial charge on any atom is -0.485 e. The molecule has 0 radical (unpaired) electrons. The number of piperazine rings is 1. The van der Waals surface area contributed by atoms with Crippen LogP contribution in [0.4, 0.5) is 10.1 Å². The predicted octanol–water partition coefficient (Wildman–Crippen LogP) is 5.58. The molecule has 6 rings (SSSR count). The van der Waals surface area contributed by atoms with E-state index in [0.29, 0.717) is 52.7 Å². The summed E-state index contributed by atoms with van der Waals surface area (Å²) in [5.74, 6) is -0.740. The maximum absolute atomic E-state index is 15.2. The molecule has 1 unspecified atom stereocenters. The number of aromatic nitrogens is 1. The first-order valence-electron chi connectivity index (χ1n) is 17.7. The molecule has 3 aromatic rings. The summed E-state index contributed by atoms with van der Waals surface area (Å²) in [6.07, 6.45) is 7.20. The van der Waals surface area contributed by atoms with Crippen molar-refractivity contribution in [2.24, 2.45) is 0 Å². The molecule has 1 aromatic heterocycles. The van der Waals surface area contributed by atoms with Gasteiger partial charge in [0, 0.05) is 90.9 Å². The summed E-state index contributed by atoms with van der Waals surface area (Å²) in [5.41, 5.74) is 0.533. The fraction of sp³-hybridized carbons (Fsp3) is 0.595. The van der Waals surface area contributed by atoms with Gasteiger partial charge >= 0.3 is 0 Å². The zero-order valence-electron chi connectivity index (χ0n) is 29.8. The molecular formula is C37H52FN5O4S2. The van der Waals surface area contributed by atoms with Crippen LogP contribution in [-0.2, 0) is 20.6 Å². The van der Waals surface area contributed by atoms with Gasteiger partial charge in [-0.2, -0.15) is 0 Å². The van der Waals surface area contributed by atoms with Crippen LogP contribution < -0.4 is 9.64 Å². The van der Waals surface area contributed by atoms with Crippen molar-refractivity contribution >= 4 is 37.2 Å². The molecule has 0 amide bonds. The maximum Gasteiger partial charge on any atom is 0.210 e. The Labute approximate surface area is 294 Å². The minimum atomic E-state index is -4.18.